The first-order chi connectivity index (χ1) is 8.58. The Bertz CT molecular complexity index is 403. The molecule has 0 aliphatic carbocycles. The molecule has 0 N–H and O–H groups in total. The van der Waals surface area contributed by atoms with Gasteiger partial charge in [0.15, 0.2) is 0 Å². The molecule has 0 radical (unpaired) electrons. The first-order valence-corrected chi connectivity index (χ1v) is 6.18. The zero-order valence-electron chi connectivity index (χ0n) is 11.2. The number of nitro benzene ring substituents is 1. The van der Waals surface area contributed by atoms with Crippen molar-refractivity contribution in [1.82, 2.24) is 4.90 Å². The fourth-order valence-electron chi connectivity index (χ4n) is 1.68. The highest BCUT2D eigenvalue weighted by Crippen LogP contribution is 2.23. The van der Waals surface area contributed by atoms with Crippen molar-refractivity contribution in [2.45, 2.75) is 20.8 Å². The first-order valence-electron chi connectivity index (χ1n) is 6.18. The van der Waals surface area contributed by atoms with Gasteiger partial charge >= 0.3 is 0 Å². The van der Waals surface area contributed by atoms with Crippen LogP contribution in [0, 0.1) is 17.0 Å². The predicted molar refractivity (Wildman–Crippen MR) is 71.1 cm³/mol. The summed E-state index contributed by atoms with van der Waals surface area (Å²) < 4.78 is 5.62. The van der Waals surface area contributed by atoms with Crippen LogP contribution in [-0.4, -0.2) is 36.1 Å². The molecule has 5 heteroatoms. The van der Waals surface area contributed by atoms with Crippen LogP contribution in [0.3, 0.4) is 0 Å². The number of non-ortho nitro benzene ring substituents is 1. The fraction of sp³-hybridized carbons (Fsp3) is 0.538. The SMILES string of the molecule is CCN(CC)CCOc1cc([N+](=O)[O-])ccc1C. The molecule has 0 aliphatic rings. The van der Waals surface area contributed by atoms with Crippen LogP contribution in [0.5, 0.6) is 5.75 Å². The van der Waals surface area contributed by atoms with Gasteiger partial charge in [-0.1, -0.05) is 13.8 Å². The van der Waals surface area contributed by atoms with Crippen LogP contribution in [-0.2, 0) is 0 Å². The van der Waals surface area contributed by atoms with E-state index in [1.165, 1.54) is 12.1 Å². The van der Waals surface area contributed by atoms with Crippen molar-refractivity contribution in [1.29, 1.82) is 0 Å². The minimum Gasteiger partial charge on any atom is -0.492 e. The molecule has 18 heavy (non-hydrogen) atoms. The van der Waals surface area contributed by atoms with Crippen molar-refractivity contribution in [3.05, 3.63) is 33.9 Å². The van der Waals surface area contributed by atoms with Crippen LogP contribution in [0.15, 0.2) is 18.2 Å². The molecule has 100 valence electrons. The largest absolute Gasteiger partial charge is 0.492 e. The van der Waals surface area contributed by atoms with Crippen LogP contribution < -0.4 is 4.74 Å². The normalized spacial score (nSPS) is 10.7. The van der Waals surface area contributed by atoms with Gasteiger partial charge in [-0.2, -0.15) is 0 Å². The van der Waals surface area contributed by atoms with Crippen LogP contribution in [0.1, 0.15) is 19.4 Å². The maximum absolute atomic E-state index is 10.7. The molecule has 0 fully saturated rings. The van der Waals surface area contributed by atoms with Crippen molar-refractivity contribution in [2.75, 3.05) is 26.2 Å². The molecule has 0 aromatic heterocycles. The summed E-state index contributed by atoms with van der Waals surface area (Å²) in [7, 11) is 0. The molecule has 5 nitrogen and oxygen atoms in total. The summed E-state index contributed by atoms with van der Waals surface area (Å²) in [5.41, 5.74) is 0.985. The number of nitro groups is 1. The molecule has 1 aromatic rings. The molecule has 1 aromatic carbocycles. The Morgan fingerprint density at radius 2 is 2.00 bits per heavy atom. The summed E-state index contributed by atoms with van der Waals surface area (Å²) in [6, 6.07) is 4.69. The standard InChI is InChI=1S/C13H20N2O3/c1-4-14(5-2)8-9-18-13-10-12(15(16)17)7-6-11(13)3/h6-7,10H,4-5,8-9H2,1-3H3. The summed E-state index contributed by atoms with van der Waals surface area (Å²) in [6.07, 6.45) is 0. The maximum Gasteiger partial charge on any atom is 0.273 e. The third kappa shape index (κ3) is 4.00. The molecular weight excluding hydrogens is 232 g/mol. The van der Waals surface area contributed by atoms with Gasteiger partial charge in [0.1, 0.15) is 12.4 Å². The average molecular weight is 252 g/mol. The summed E-state index contributed by atoms with van der Waals surface area (Å²) in [5.74, 6) is 0.594. The Balaban J connectivity index is 2.61. The van der Waals surface area contributed by atoms with Gasteiger partial charge in [0, 0.05) is 12.6 Å². The average Bonchev–Trinajstić information content (AvgIpc) is 2.36. The van der Waals surface area contributed by atoms with Gasteiger partial charge in [-0.15, -0.1) is 0 Å². The highest BCUT2D eigenvalue weighted by atomic mass is 16.6. The lowest BCUT2D eigenvalue weighted by Gasteiger charge is -2.18. The molecule has 0 spiro atoms. The zero-order chi connectivity index (χ0) is 13.5. The Kier molecular flexibility index (Phi) is 5.58. The molecule has 0 amide bonds. The molecule has 0 atom stereocenters. The molecule has 0 heterocycles. The number of rotatable bonds is 7. The van der Waals surface area contributed by atoms with E-state index in [-0.39, 0.29) is 5.69 Å². The smallest absolute Gasteiger partial charge is 0.273 e. The topological polar surface area (TPSA) is 55.6 Å². The fourth-order valence-corrected chi connectivity index (χ4v) is 1.68. The van der Waals surface area contributed by atoms with Crippen LogP contribution in [0.4, 0.5) is 5.69 Å². The number of nitrogens with zero attached hydrogens (tertiary/aromatic N) is 2. The Hall–Kier alpha value is -1.62. The first kappa shape index (κ1) is 14.4. The zero-order valence-corrected chi connectivity index (χ0v) is 11.2. The molecule has 0 saturated heterocycles. The predicted octanol–water partition coefficient (Wildman–Crippen LogP) is 2.62. The van der Waals surface area contributed by atoms with E-state index in [1.54, 1.807) is 6.07 Å². The molecule has 0 aliphatic heterocycles. The third-order valence-electron chi connectivity index (χ3n) is 2.94. The van der Waals surface area contributed by atoms with Gasteiger partial charge in [-0.05, 0) is 31.6 Å². The lowest BCUT2D eigenvalue weighted by atomic mass is 10.2. The lowest BCUT2D eigenvalue weighted by molar-refractivity contribution is -0.384. The second-order valence-electron chi connectivity index (χ2n) is 4.08. The highest BCUT2D eigenvalue weighted by Gasteiger charge is 2.09. The summed E-state index contributed by atoms with van der Waals surface area (Å²) in [5, 5.41) is 10.7. The monoisotopic (exact) mass is 252 g/mol. The summed E-state index contributed by atoms with van der Waals surface area (Å²) in [6.45, 7) is 9.42. The third-order valence-corrected chi connectivity index (χ3v) is 2.94. The second kappa shape index (κ2) is 6.96. The van der Waals surface area contributed by atoms with Crippen molar-refractivity contribution < 1.29 is 9.66 Å². The van der Waals surface area contributed by atoms with E-state index in [2.05, 4.69) is 18.7 Å². The molecule has 0 bridgehead atoms. The Labute approximate surface area is 108 Å². The Morgan fingerprint density at radius 3 is 2.56 bits per heavy atom. The van der Waals surface area contributed by atoms with Gasteiger partial charge in [-0.25, -0.2) is 0 Å². The second-order valence-corrected chi connectivity index (χ2v) is 4.08. The van der Waals surface area contributed by atoms with E-state index < -0.39 is 4.92 Å². The number of ether oxygens (including phenoxy) is 1. The number of hydrogen-bond acceptors (Lipinski definition) is 4. The minimum absolute atomic E-state index is 0.0680. The van der Waals surface area contributed by atoms with E-state index in [1.807, 2.05) is 6.92 Å². The van der Waals surface area contributed by atoms with Crippen LogP contribution in [0.2, 0.25) is 0 Å². The van der Waals surface area contributed by atoms with Crippen molar-refractivity contribution in [2.24, 2.45) is 0 Å². The van der Waals surface area contributed by atoms with E-state index in [0.717, 1.165) is 25.2 Å². The summed E-state index contributed by atoms with van der Waals surface area (Å²) in [4.78, 5) is 12.5. The van der Waals surface area contributed by atoms with Crippen molar-refractivity contribution in [3.63, 3.8) is 0 Å². The molecule has 1 rings (SSSR count). The van der Waals surface area contributed by atoms with Crippen LogP contribution in [0.25, 0.3) is 0 Å². The van der Waals surface area contributed by atoms with Crippen molar-refractivity contribution in [3.8, 4) is 5.75 Å². The van der Waals surface area contributed by atoms with Gasteiger partial charge in [0.25, 0.3) is 5.69 Å². The van der Waals surface area contributed by atoms with Crippen LogP contribution >= 0.6 is 0 Å². The van der Waals surface area contributed by atoms with Gasteiger partial charge in [-0.3, -0.25) is 10.1 Å². The number of hydrogen-bond donors (Lipinski definition) is 0. The lowest BCUT2D eigenvalue weighted by Crippen LogP contribution is -2.28. The van der Waals surface area contributed by atoms with E-state index >= 15 is 0 Å². The van der Waals surface area contributed by atoms with E-state index in [9.17, 15) is 10.1 Å². The maximum atomic E-state index is 10.7. The Morgan fingerprint density at radius 1 is 1.33 bits per heavy atom. The minimum atomic E-state index is -0.406. The van der Waals surface area contributed by atoms with E-state index in [0.29, 0.717) is 12.4 Å². The van der Waals surface area contributed by atoms with Crippen molar-refractivity contribution >= 4 is 5.69 Å². The number of aryl methyl sites for hydroxylation is 1. The number of benzene rings is 1. The van der Waals surface area contributed by atoms with E-state index in [4.69, 9.17) is 4.74 Å². The molecule has 0 saturated carbocycles. The highest BCUT2D eigenvalue weighted by molar-refractivity contribution is 5.43. The van der Waals surface area contributed by atoms with Gasteiger partial charge in [0.05, 0.1) is 11.0 Å². The molecular formula is C13H20N2O3. The van der Waals surface area contributed by atoms with Gasteiger partial charge in [0.2, 0.25) is 0 Å². The molecule has 0 unspecified atom stereocenters. The summed E-state index contributed by atoms with van der Waals surface area (Å²) >= 11 is 0. The van der Waals surface area contributed by atoms with Gasteiger partial charge < -0.3 is 9.64 Å². The number of likely N-dealkylation sites (N-methyl/N-ethyl adjacent to an activating group) is 1. The quantitative estimate of drug-likeness (QED) is 0.553.